The maximum atomic E-state index is 14.7. The highest BCUT2D eigenvalue weighted by Gasteiger charge is 2.43. The van der Waals surface area contributed by atoms with Crippen LogP contribution in [0.25, 0.3) is 0 Å². The van der Waals surface area contributed by atoms with Crippen molar-refractivity contribution >= 4 is 150 Å². The summed E-state index contributed by atoms with van der Waals surface area (Å²) < 4.78 is 0. The number of aliphatic hydroxyl groups excluding tert-OH is 3. The van der Waals surface area contributed by atoms with E-state index in [4.69, 9.17) is 28.7 Å². The summed E-state index contributed by atoms with van der Waals surface area (Å²) in [6.45, 7) is 14.0. The van der Waals surface area contributed by atoms with E-state index in [9.17, 15) is 107 Å². The van der Waals surface area contributed by atoms with Crippen molar-refractivity contribution in [2.45, 2.75) is 249 Å². The van der Waals surface area contributed by atoms with Gasteiger partial charge in [-0.15, -0.1) is 0 Å². The molecular weight excluding hydrogens is 1640 g/mol. The van der Waals surface area contributed by atoms with Crippen molar-refractivity contribution in [3.05, 3.63) is 18.2 Å². The number of aromatic nitrogens is 2. The molecule has 676 valence electrons. The Morgan fingerprint density at radius 2 is 0.917 bits per heavy atom. The lowest BCUT2D eigenvalue weighted by molar-refractivity contribution is -0.145. The Labute approximate surface area is 711 Å². The van der Waals surface area contributed by atoms with E-state index in [0.29, 0.717) is 18.5 Å². The number of imidazole rings is 1. The van der Waals surface area contributed by atoms with Crippen molar-refractivity contribution in [2.75, 3.05) is 43.6 Å². The van der Waals surface area contributed by atoms with Crippen LogP contribution in [0.15, 0.2) is 17.5 Å². The van der Waals surface area contributed by atoms with Gasteiger partial charge < -0.3 is 133 Å². The van der Waals surface area contributed by atoms with Gasteiger partial charge in [0, 0.05) is 55.1 Å². The highest BCUT2D eigenvalue weighted by Crippen LogP contribution is 2.23. The van der Waals surface area contributed by atoms with Crippen molar-refractivity contribution < 1.29 is 107 Å². The smallest absolute Gasteiger partial charge is 0.328 e. The number of primary amides is 2. The summed E-state index contributed by atoms with van der Waals surface area (Å²) in [4.78, 5) is 257. The van der Waals surface area contributed by atoms with Crippen LogP contribution in [0.1, 0.15) is 146 Å². The molecule has 0 aliphatic carbocycles. The van der Waals surface area contributed by atoms with Crippen LogP contribution in [0.4, 0.5) is 0 Å². The number of aliphatic imine (C=N–C) groups is 1. The van der Waals surface area contributed by atoms with Crippen molar-refractivity contribution in [2.24, 2.45) is 57.3 Å². The largest absolute Gasteiger partial charge is 0.480 e. The van der Waals surface area contributed by atoms with Crippen molar-refractivity contribution in [1.29, 1.82) is 0 Å². The van der Waals surface area contributed by atoms with Crippen LogP contribution in [0.5, 0.6) is 0 Å². The molecule has 120 heavy (non-hydrogen) atoms. The third kappa shape index (κ3) is 36.8. The fraction of sp³-hybridized carbons (Fsp3) is 0.694. The second-order valence-corrected chi connectivity index (χ2v) is 31.4. The van der Waals surface area contributed by atoms with E-state index in [1.54, 1.807) is 27.7 Å². The van der Waals surface area contributed by atoms with E-state index in [-0.39, 0.29) is 81.6 Å². The van der Waals surface area contributed by atoms with E-state index in [1.165, 1.54) is 24.3 Å². The number of amides is 17. The van der Waals surface area contributed by atoms with E-state index < -0.39 is 265 Å². The minimum Gasteiger partial charge on any atom is -0.480 e. The first-order valence-corrected chi connectivity index (χ1v) is 41.0. The standard InChI is InChI=1S/C72H123N23O22S3/c1-11-35(8)54(93-68(113)50(30-120)90-56(101)36(9)81-60(105)44(23-38-25-78-31-80-38)86-62(107)42(21-33(4)5)84-57(102)39(73)20-32(2)3)70(115)95-19-13-15-51(95)69(114)92-49(29-119)66(111)83-41(16-17-52(74)99)59(104)85-43(22-34(6)7)61(106)82-40(14-12-18-79-72(76)77)58(103)91-48(28-118)67(112)89-47(27-97)65(110)88-46(26-96)64(109)87-45(24-53(75)100)63(108)94-55(37(10)98)71(116)117/h25,31-37,39-51,54-55,96-98,118-120H,11-24,26-30,73H2,1-10H3,(H2,74,99)(H2,75,100)(H,78,80)(H,81,105)(H,82,106)(H,83,111)(H,84,102)(H,85,104)(H,86,107)(H,87,109)(H,88,110)(H,89,112)(H,90,101)(H,91,103)(H,92,114)(H,93,113)(H,94,108)(H,116,117)(H4,76,77,79)/t35-,36-,37+,39-,40-,41-,42-,43-,44-,45-,46-,47-,48-,49-,50-,51-,54-,55-/m0/s1. The number of thiol groups is 3. The molecule has 17 amide bonds. The van der Waals surface area contributed by atoms with Gasteiger partial charge in [-0.05, 0) is 88.9 Å². The number of aliphatic hydroxyl groups is 3. The third-order valence-electron chi connectivity index (χ3n) is 18.8. The Morgan fingerprint density at radius 3 is 1.37 bits per heavy atom. The maximum Gasteiger partial charge on any atom is 0.328 e. The zero-order valence-electron chi connectivity index (χ0n) is 68.9. The molecule has 48 heteroatoms. The number of likely N-dealkylation sites (tertiary alicyclic amines) is 1. The van der Waals surface area contributed by atoms with Crippen molar-refractivity contribution in [1.82, 2.24) is 89.3 Å². The van der Waals surface area contributed by atoms with Crippen molar-refractivity contribution in [3.8, 4) is 0 Å². The lowest BCUT2D eigenvalue weighted by Gasteiger charge is -2.33. The van der Waals surface area contributed by atoms with Crippen LogP contribution in [0.3, 0.4) is 0 Å². The number of aromatic amines is 1. The number of H-pyrrole nitrogens is 1. The van der Waals surface area contributed by atoms with Gasteiger partial charge in [0.2, 0.25) is 100 Å². The van der Waals surface area contributed by atoms with Crippen LogP contribution in [0.2, 0.25) is 0 Å². The highest BCUT2D eigenvalue weighted by molar-refractivity contribution is 7.80. The fourth-order valence-electron chi connectivity index (χ4n) is 12.0. The van der Waals surface area contributed by atoms with Gasteiger partial charge in [-0.3, -0.25) is 86.5 Å². The predicted molar refractivity (Wildman–Crippen MR) is 443 cm³/mol. The number of carbonyl (C=O) groups is 18. The topological polar surface area (TPSA) is 731 Å². The number of carboxylic acid groups (broad SMARTS) is 1. The highest BCUT2D eigenvalue weighted by atomic mass is 32.1. The Bertz CT molecular complexity index is 3690. The molecule has 1 fully saturated rings. The normalized spacial score (nSPS) is 16.8. The Hall–Kier alpha value is -10.2. The third-order valence-corrected chi connectivity index (χ3v) is 19.9. The van der Waals surface area contributed by atoms with Crippen LogP contribution in [-0.2, 0) is 92.7 Å². The molecule has 1 aromatic heterocycles. The van der Waals surface area contributed by atoms with E-state index >= 15 is 0 Å². The molecule has 1 saturated heterocycles. The molecular formula is C72H123N23O22S3. The molecule has 0 unspecified atom stereocenters. The van der Waals surface area contributed by atoms with E-state index in [0.717, 1.165) is 6.92 Å². The van der Waals surface area contributed by atoms with E-state index in [2.05, 4.69) is 111 Å². The van der Waals surface area contributed by atoms with Gasteiger partial charge in [0.15, 0.2) is 12.0 Å². The van der Waals surface area contributed by atoms with Crippen LogP contribution >= 0.6 is 37.9 Å². The fourth-order valence-corrected chi connectivity index (χ4v) is 12.8. The molecule has 2 heterocycles. The van der Waals surface area contributed by atoms with Gasteiger partial charge in [-0.25, -0.2) is 9.78 Å². The molecule has 45 nitrogen and oxygen atoms in total. The average Bonchev–Trinajstić information content (AvgIpc) is 1.64. The van der Waals surface area contributed by atoms with Gasteiger partial charge in [-0.1, -0.05) is 61.8 Å². The molecule has 0 spiro atoms. The van der Waals surface area contributed by atoms with Gasteiger partial charge in [0.05, 0.1) is 38.1 Å². The van der Waals surface area contributed by atoms with E-state index in [1.807, 2.05) is 43.6 Å². The summed E-state index contributed by atoms with van der Waals surface area (Å²) in [5.41, 5.74) is 28.3. The summed E-state index contributed by atoms with van der Waals surface area (Å²) in [5, 5.41) is 73.3. The molecule has 18 atom stereocenters. The summed E-state index contributed by atoms with van der Waals surface area (Å²) in [7, 11) is 0. The lowest BCUT2D eigenvalue weighted by Crippen LogP contribution is -2.62. The Balaban J connectivity index is 2.36. The van der Waals surface area contributed by atoms with Crippen LogP contribution in [0, 0.1) is 23.7 Å². The molecule has 0 saturated carbocycles. The molecule has 1 aliphatic rings. The number of carbonyl (C=O) groups excluding carboxylic acids is 17. The first-order valence-electron chi connectivity index (χ1n) is 39.1. The van der Waals surface area contributed by atoms with Gasteiger partial charge in [-0.2, -0.15) is 37.9 Å². The summed E-state index contributed by atoms with van der Waals surface area (Å²) in [6.07, 6.45) is -0.199. The molecule has 0 aromatic carbocycles. The number of hydrogen-bond acceptors (Lipinski definition) is 27. The number of aliphatic carboxylic acids is 1. The average molecular weight is 1760 g/mol. The molecule has 0 radical (unpaired) electrons. The SMILES string of the molecule is CC[C@H](C)[C@H](NC(=O)[C@H](CS)NC(=O)[C@H](C)NC(=O)[C@H](Cc1cnc[nH]1)NC(=O)[C@H](CC(C)C)NC(=O)[C@@H](N)CC(C)C)C(=O)N1CCC[C@H]1C(=O)N[C@@H](CS)C(=O)N[C@@H](CCC(N)=O)C(=O)N[C@@H](CC(C)C)C(=O)N[C@@H](CCCN=C(N)N)C(=O)N[C@@H](CS)C(=O)N[C@@H](CO)C(=O)N[C@@H](CO)C(=O)N[C@@H](CC(N)=O)C(=O)N[C@H](C(=O)O)[C@@H](C)O. The molecule has 1 aromatic rings. The number of rotatable bonds is 55. The van der Waals surface area contributed by atoms with Crippen LogP contribution < -0.4 is 103 Å². The van der Waals surface area contributed by atoms with Crippen LogP contribution in [-0.4, -0.2) is 294 Å². The maximum absolute atomic E-state index is 14.7. The molecule has 0 bridgehead atoms. The number of nitrogens with two attached hydrogens (primary N) is 5. The van der Waals surface area contributed by atoms with Crippen molar-refractivity contribution in [3.63, 3.8) is 0 Å². The number of guanidine groups is 1. The molecule has 29 N–H and O–H groups in total. The monoisotopic (exact) mass is 1760 g/mol. The Kier molecular flexibility index (Phi) is 47.2. The number of nitrogens with zero attached hydrogens (tertiary/aromatic N) is 3. The predicted octanol–water partition coefficient (Wildman–Crippen LogP) is -9.30. The molecule has 2 rings (SSSR count). The lowest BCUT2D eigenvalue weighted by atomic mass is 9.97. The zero-order valence-corrected chi connectivity index (χ0v) is 71.6. The first-order chi connectivity index (χ1) is 56.3. The zero-order chi connectivity index (χ0) is 91.1. The van der Waals surface area contributed by atoms with Gasteiger partial charge >= 0.3 is 5.97 Å². The summed E-state index contributed by atoms with van der Waals surface area (Å²) >= 11 is 12.8. The number of nitrogens with one attached hydrogen (secondary N) is 15. The van der Waals surface area contributed by atoms with Gasteiger partial charge in [0.1, 0.15) is 84.6 Å². The second-order valence-electron chi connectivity index (χ2n) is 30.3. The molecule has 1 aliphatic heterocycles. The first kappa shape index (κ1) is 106. The van der Waals surface area contributed by atoms with Gasteiger partial charge in [0.25, 0.3) is 0 Å². The number of carboxylic acids is 1. The quantitative estimate of drug-likeness (QED) is 0.0125. The number of hydrogen-bond donors (Lipinski definition) is 27. The minimum atomic E-state index is -1.99. The summed E-state index contributed by atoms with van der Waals surface area (Å²) in [5.74, 6) is -21.2. The second kappa shape index (κ2) is 53.5. The minimum absolute atomic E-state index is 0.00108. The Morgan fingerprint density at radius 1 is 0.508 bits per heavy atom. The summed E-state index contributed by atoms with van der Waals surface area (Å²) in [6, 6.07) is -24.5.